The fraction of sp³-hybridized carbons (Fsp3) is 0.382. The molecule has 2 aliphatic heterocycles. The number of piperidine rings is 1. The highest BCUT2D eigenvalue weighted by atomic mass is 35.5. The average molecular weight is 681 g/mol. The van der Waals surface area contributed by atoms with Crippen LogP contribution < -0.4 is 26.6 Å². The van der Waals surface area contributed by atoms with Crippen LogP contribution in [-0.4, -0.2) is 76.1 Å². The maximum atomic E-state index is 14.4. The molecule has 1 unspecified atom stereocenters. The summed E-state index contributed by atoms with van der Waals surface area (Å²) in [6.45, 7) is 7.54. The third-order valence-corrected chi connectivity index (χ3v) is 9.30. The highest BCUT2D eigenvalue weighted by Crippen LogP contribution is 2.35. The Morgan fingerprint density at radius 1 is 1.17 bits per heavy atom. The molecular formula is C34H38ClFN6O6. The highest BCUT2D eigenvalue weighted by Gasteiger charge is 2.34. The van der Waals surface area contributed by atoms with Gasteiger partial charge in [0.1, 0.15) is 18.1 Å². The van der Waals surface area contributed by atoms with Gasteiger partial charge in [0.2, 0.25) is 11.8 Å². The largest absolute Gasteiger partial charge is 0.497 e. The van der Waals surface area contributed by atoms with Crippen molar-refractivity contribution < 1.29 is 23.5 Å². The molecule has 4 amide bonds. The molecule has 0 aliphatic carbocycles. The van der Waals surface area contributed by atoms with Crippen molar-refractivity contribution in [3.05, 3.63) is 92.5 Å². The molecule has 2 aromatic carbocycles. The number of ether oxygens (including phenoxy) is 1. The summed E-state index contributed by atoms with van der Waals surface area (Å²) < 4.78 is 21.8. The van der Waals surface area contributed by atoms with Crippen LogP contribution in [-0.2, 0) is 16.1 Å². The summed E-state index contributed by atoms with van der Waals surface area (Å²) in [7, 11) is 1.59. The first-order valence-electron chi connectivity index (χ1n) is 15.6. The molecule has 5 rings (SSSR count). The van der Waals surface area contributed by atoms with Crippen molar-refractivity contribution in [1.82, 2.24) is 24.3 Å². The Kier molecular flexibility index (Phi) is 10.4. The fourth-order valence-corrected chi connectivity index (χ4v) is 6.49. The number of nitrogens with zero attached hydrogens (tertiary/aromatic N) is 4. The molecule has 12 nitrogen and oxygen atoms in total. The van der Waals surface area contributed by atoms with Gasteiger partial charge in [0, 0.05) is 62.5 Å². The van der Waals surface area contributed by atoms with Crippen LogP contribution in [0, 0.1) is 5.82 Å². The Balaban J connectivity index is 1.35. The molecule has 3 aromatic rings. The SMILES string of the molecule is C=CC1CN(C2CCN(C(=O)Cn3cc(-c4cccc(F)c4Cl)c(=O)n([C@@H](C)CNC(C)=O)c3=O)CC2)C(=O)Nc2ccc(OC)cc21. The quantitative estimate of drug-likeness (QED) is 0.329. The number of halogens is 2. The van der Waals surface area contributed by atoms with Gasteiger partial charge in [0.25, 0.3) is 5.56 Å². The molecule has 1 fully saturated rings. The van der Waals surface area contributed by atoms with E-state index in [0.29, 0.717) is 43.9 Å². The summed E-state index contributed by atoms with van der Waals surface area (Å²) >= 11 is 6.22. The zero-order chi connectivity index (χ0) is 34.7. The van der Waals surface area contributed by atoms with E-state index in [1.807, 2.05) is 18.2 Å². The summed E-state index contributed by atoms with van der Waals surface area (Å²) in [5.41, 5.74) is 0.109. The molecule has 0 bridgehead atoms. The Morgan fingerprint density at radius 3 is 2.56 bits per heavy atom. The zero-order valence-electron chi connectivity index (χ0n) is 27.0. The van der Waals surface area contributed by atoms with Crippen molar-refractivity contribution in [2.75, 3.05) is 38.6 Å². The molecule has 2 N–H and O–H groups in total. The standard InChI is InChI=1S/C34H38ClFN6O6/c1-5-22-17-41(33(46)38-29-10-9-24(48-4)15-26(22)29)23-11-13-39(14-12-23)30(44)19-40-18-27(25-7-6-8-28(36)31(25)35)32(45)42(34(40)47)20(2)16-37-21(3)43/h5-10,15,18,20,22-23H,1,11-14,16-17,19H2,2-4H3,(H,37,43)(H,38,46)/t20-,22?/m0/s1. The number of anilines is 1. The Bertz CT molecular complexity index is 1870. The smallest absolute Gasteiger partial charge is 0.331 e. The second-order valence-electron chi connectivity index (χ2n) is 12.0. The minimum Gasteiger partial charge on any atom is -0.497 e. The van der Waals surface area contributed by atoms with Crippen molar-refractivity contribution in [1.29, 1.82) is 0 Å². The third-order valence-electron chi connectivity index (χ3n) is 8.92. The van der Waals surface area contributed by atoms with Gasteiger partial charge in [-0.25, -0.2) is 14.0 Å². The average Bonchev–Trinajstić information content (AvgIpc) is 3.21. The molecule has 254 valence electrons. The summed E-state index contributed by atoms with van der Waals surface area (Å²) in [6, 6.07) is 8.32. The molecule has 1 aromatic heterocycles. The molecule has 14 heteroatoms. The summed E-state index contributed by atoms with van der Waals surface area (Å²) in [5.74, 6) is -0.914. The van der Waals surface area contributed by atoms with Gasteiger partial charge in [0.15, 0.2) is 0 Å². The Labute approximate surface area is 281 Å². The molecule has 2 aliphatic rings. The van der Waals surface area contributed by atoms with Gasteiger partial charge in [-0.15, -0.1) is 6.58 Å². The Hall–Kier alpha value is -4.91. The number of fused-ring (bicyclic) bond motifs is 1. The highest BCUT2D eigenvalue weighted by molar-refractivity contribution is 6.33. The van der Waals surface area contributed by atoms with E-state index in [1.54, 1.807) is 29.9 Å². The number of nitrogens with one attached hydrogen (secondary N) is 2. The molecular weight excluding hydrogens is 643 g/mol. The monoisotopic (exact) mass is 680 g/mol. The maximum absolute atomic E-state index is 14.4. The van der Waals surface area contributed by atoms with Crippen LogP contribution in [0.2, 0.25) is 5.02 Å². The number of methoxy groups -OCH3 is 1. The van der Waals surface area contributed by atoms with Gasteiger partial charge in [-0.1, -0.05) is 29.8 Å². The molecule has 0 spiro atoms. The number of urea groups is 1. The van der Waals surface area contributed by atoms with Crippen molar-refractivity contribution in [3.63, 3.8) is 0 Å². The van der Waals surface area contributed by atoms with E-state index < -0.39 is 29.7 Å². The number of aromatic nitrogens is 2. The van der Waals surface area contributed by atoms with Gasteiger partial charge in [0.05, 0.1) is 23.7 Å². The number of rotatable bonds is 9. The Morgan fingerprint density at radius 2 is 1.90 bits per heavy atom. The molecule has 48 heavy (non-hydrogen) atoms. The van der Waals surface area contributed by atoms with Gasteiger partial charge >= 0.3 is 11.7 Å². The maximum Gasteiger partial charge on any atom is 0.331 e. The van der Waals surface area contributed by atoms with E-state index in [4.69, 9.17) is 16.3 Å². The fourth-order valence-electron chi connectivity index (χ4n) is 6.26. The van der Waals surface area contributed by atoms with E-state index in [9.17, 15) is 28.4 Å². The molecule has 0 radical (unpaired) electrons. The lowest BCUT2D eigenvalue weighted by Gasteiger charge is -2.38. The first-order valence-corrected chi connectivity index (χ1v) is 16.0. The number of likely N-dealkylation sites (tertiary alicyclic amines) is 1. The van der Waals surface area contributed by atoms with E-state index in [-0.39, 0.29) is 52.5 Å². The van der Waals surface area contributed by atoms with Crippen LogP contribution >= 0.6 is 11.6 Å². The van der Waals surface area contributed by atoms with E-state index in [2.05, 4.69) is 17.2 Å². The number of amides is 4. The zero-order valence-corrected chi connectivity index (χ0v) is 27.8. The minimum absolute atomic E-state index is 0.0261. The lowest BCUT2D eigenvalue weighted by atomic mass is 9.95. The second kappa shape index (κ2) is 14.5. The lowest BCUT2D eigenvalue weighted by Crippen LogP contribution is -2.51. The summed E-state index contributed by atoms with van der Waals surface area (Å²) in [4.78, 5) is 69.1. The minimum atomic E-state index is -0.787. The van der Waals surface area contributed by atoms with Crippen LogP contribution in [0.15, 0.2) is 64.8 Å². The van der Waals surface area contributed by atoms with Crippen LogP contribution in [0.5, 0.6) is 5.75 Å². The first kappa shape index (κ1) is 34.4. The van der Waals surface area contributed by atoms with Gasteiger partial charge in [-0.2, -0.15) is 0 Å². The number of hydrogen-bond acceptors (Lipinski definition) is 6. The first-order chi connectivity index (χ1) is 22.9. The predicted molar refractivity (Wildman–Crippen MR) is 180 cm³/mol. The number of benzene rings is 2. The van der Waals surface area contributed by atoms with Crippen LogP contribution in [0.3, 0.4) is 0 Å². The van der Waals surface area contributed by atoms with Crippen molar-refractivity contribution in [2.24, 2.45) is 0 Å². The van der Waals surface area contributed by atoms with Crippen LogP contribution in [0.4, 0.5) is 14.9 Å². The van der Waals surface area contributed by atoms with E-state index >= 15 is 0 Å². The molecule has 3 heterocycles. The van der Waals surface area contributed by atoms with Crippen molar-refractivity contribution in [2.45, 2.75) is 51.2 Å². The van der Waals surface area contributed by atoms with E-state index in [0.717, 1.165) is 20.8 Å². The summed E-state index contributed by atoms with van der Waals surface area (Å²) in [5, 5.41) is 5.29. The number of hydrogen-bond donors (Lipinski definition) is 2. The topological polar surface area (TPSA) is 135 Å². The van der Waals surface area contributed by atoms with Crippen LogP contribution in [0.25, 0.3) is 11.1 Å². The molecule has 2 atom stereocenters. The summed E-state index contributed by atoms with van der Waals surface area (Å²) in [6.07, 6.45) is 4.05. The van der Waals surface area contributed by atoms with E-state index in [1.165, 1.54) is 25.3 Å². The molecule has 1 saturated heterocycles. The third kappa shape index (κ3) is 7.01. The lowest BCUT2D eigenvalue weighted by molar-refractivity contribution is -0.133. The van der Waals surface area contributed by atoms with Gasteiger partial charge in [-0.05, 0) is 49.6 Å². The predicted octanol–water partition coefficient (Wildman–Crippen LogP) is 3.98. The number of carbonyl (C=O) groups excluding carboxylic acids is 3. The van der Waals surface area contributed by atoms with Gasteiger partial charge in [-0.3, -0.25) is 23.5 Å². The van der Waals surface area contributed by atoms with Crippen LogP contribution in [0.1, 0.15) is 44.2 Å². The molecule has 0 saturated carbocycles. The van der Waals surface area contributed by atoms with Crippen molar-refractivity contribution in [3.8, 4) is 16.9 Å². The van der Waals surface area contributed by atoms with Gasteiger partial charge < -0.3 is 25.2 Å². The van der Waals surface area contributed by atoms with Crippen molar-refractivity contribution >= 4 is 35.1 Å². The normalized spacial score (nSPS) is 17.2. The number of carbonyl (C=O) groups is 3. The second-order valence-corrected chi connectivity index (χ2v) is 12.4.